The minimum Gasteiger partial charge on any atom is -0.339 e. The lowest BCUT2D eigenvalue weighted by Crippen LogP contribution is -2.51. The number of sulfonamides is 1. The number of unbranched alkanes of at least 4 members (excludes halogenated alkanes) is 2. The van der Waals surface area contributed by atoms with Crippen molar-refractivity contribution in [3.8, 4) is 0 Å². The maximum Gasteiger partial charge on any atom is 0.243 e. The zero-order chi connectivity index (χ0) is 20.1. The molecule has 10 heteroatoms. The van der Waals surface area contributed by atoms with Gasteiger partial charge in [-0.05, 0) is 30.7 Å². The first kappa shape index (κ1) is 22.1. The molecule has 1 aliphatic heterocycles. The summed E-state index contributed by atoms with van der Waals surface area (Å²) in [6, 6.07) is 5.91. The van der Waals surface area contributed by atoms with E-state index >= 15 is 0 Å². The summed E-state index contributed by atoms with van der Waals surface area (Å²) in [5.74, 6) is -0.965. The molecule has 1 heterocycles. The van der Waals surface area contributed by atoms with Crippen LogP contribution in [-0.2, 0) is 24.7 Å². The van der Waals surface area contributed by atoms with Gasteiger partial charge < -0.3 is 4.90 Å². The molecule has 1 aromatic rings. The lowest BCUT2D eigenvalue weighted by molar-refractivity contribution is -0.129. The van der Waals surface area contributed by atoms with Gasteiger partial charge >= 0.3 is 0 Å². The molecule has 1 aromatic carbocycles. The largest absolute Gasteiger partial charge is 0.339 e. The molecular weight excluding hydrogens is 412 g/mol. The van der Waals surface area contributed by atoms with Crippen molar-refractivity contribution < 1.29 is 21.6 Å². The second-order valence-corrected chi connectivity index (χ2v) is 11.1. The average molecular weight is 437 g/mol. The predicted octanol–water partition coefficient (Wildman–Crippen LogP) is 1.78. The minimum atomic E-state index is -3.66. The normalized spacial score (nSPS) is 16.4. The Morgan fingerprint density at radius 1 is 1.00 bits per heavy atom. The SMILES string of the molecule is CCCCCS(=O)(=O)CC(=O)N1CCN(S(=O)(=O)c2ccc(Cl)cc2)CC1. The molecule has 0 saturated carbocycles. The molecule has 0 bridgehead atoms. The van der Waals surface area contributed by atoms with Crippen molar-refractivity contribution in [2.75, 3.05) is 37.7 Å². The predicted molar refractivity (Wildman–Crippen MR) is 105 cm³/mol. The van der Waals surface area contributed by atoms with Crippen LogP contribution < -0.4 is 0 Å². The molecule has 0 N–H and O–H groups in total. The van der Waals surface area contributed by atoms with E-state index in [9.17, 15) is 21.6 Å². The second kappa shape index (κ2) is 9.36. The lowest BCUT2D eigenvalue weighted by Gasteiger charge is -2.34. The van der Waals surface area contributed by atoms with E-state index in [-0.39, 0.29) is 36.8 Å². The average Bonchev–Trinajstić information content (AvgIpc) is 2.62. The molecule has 7 nitrogen and oxygen atoms in total. The first-order valence-electron chi connectivity index (χ1n) is 8.89. The fraction of sp³-hybridized carbons (Fsp3) is 0.588. The summed E-state index contributed by atoms with van der Waals surface area (Å²) in [6.45, 7) is 2.60. The van der Waals surface area contributed by atoms with Crippen LogP contribution in [0, 0.1) is 0 Å². The van der Waals surface area contributed by atoms with Gasteiger partial charge in [-0.25, -0.2) is 16.8 Å². The Morgan fingerprint density at radius 2 is 1.59 bits per heavy atom. The van der Waals surface area contributed by atoms with Gasteiger partial charge in [0.15, 0.2) is 9.84 Å². The summed E-state index contributed by atoms with van der Waals surface area (Å²) in [7, 11) is -7.09. The molecule has 1 fully saturated rings. The van der Waals surface area contributed by atoms with E-state index in [0.717, 1.165) is 12.8 Å². The molecule has 0 atom stereocenters. The van der Waals surface area contributed by atoms with E-state index in [0.29, 0.717) is 11.4 Å². The molecule has 1 amide bonds. The number of nitrogens with zero attached hydrogens (tertiary/aromatic N) is 2. The Kier molecular flexibility index (Phi) is 7.67. The second-order valence-electron chi connectivity index (χ2n) is 6.54. The molecule has 2 rings (SSSR count). The van der Waals surface area contributed by atoms with Crippen LogP contribution in [0.25, 0.3) is 0 Å². The highest BCUT2D eigenvalue weighted by atomic mass is 35.5. The van der Waals surface area contributed by atoms with Gasteiger partial charge in [-0.15, -0.1) is 0 Å². The minimum absolute atomic E-state index is 0.0114. The van der Waals surface area contributed by atoms with Gasteiger partial charge in [-0.1, -0.05) is 31.4 Å². The highest BCUT2D eigenvalue weighted by Crippen LogP contribution is 2.20. The van der Waals surface area contributed by atoms with E-state index in [2.05, 4.69) is 0 Å². The zero-order valence-electron chi connectivity index (χ0n) is 15.3. The number of sulfone groups is 1. The maximum absolute atomic E-state index is 12.6. The van der Waals surface area contributed by atoms with Crippen LogP contribution in [0.15, 0.2) is 29.2 Å². The van der Waals surface area contributed by atoms with Crippen molar-refractivity contribution in [3.05, 3.63) is 29.3 Å². The van der Waals surface area contributed by atoms with Crippen molar-refractivity contribution in [2.45, 2.75) is 31.1 Å². The van der Waals surface area contributed by atoms with Crippen LogP contribution in [0.3, 0.4) is 0 Å². The van der Waals surface area contributed by atoms with Crippen LogP contribution >= 0.6 is 11.6 Å². The highest BCUT2D eigenvalue weighted by molar-refractivity contribution is 7.92. The summed E-state index contributed by atoms with van der Waals surface area (Å²) in [5, 5.41) is 0.449. The molecule has 0 unspecified atom stereocenters. The number of carbonyl (C=O) groups is 1. The molecule has 0 aliphatic carbocycles. The number of piperazine rings is 1. The van der Waals surface area contributed by atoms with Gasteiger partial charge in [-0.2, -0.15) is 4.31 Å². The van der Waals surface area contributed by atoms with Crippen molar-refractivity contribution in [1.82, 2.24) is 9.21 Å². The first-order chi connectivity index (χ1) is 12.7. The standard InChI is InChI=1S/C17H25ClN2O5S2/c1-2-3-4-13-26(22,23)14-17(21)19-9-11-20(12-10-19)27(24,25)16-7-5-15(18)6-8-16/h5-8H,2-4,9-14H2,1H3. The van der Waals surface area contributed by atoms with E-state index in [1.807, 2.05) is 6.92 Å². The number of hydrogen-bond donors (Lipinski definition) is 0. The van der Waals surface area contributed by atoms with Crippen LogP contribution in [0.1, 0.15) is 26.2 Å². The van der Waals surface area contributed by atoms with Crippen LogP contribution in [0.4, 0.5) is 0 Å². The molecule has 0 spiro atoms. The van der Waals surface area contributed by atoms with E-state index in [1.54, 1.807) is 0 Å². The molecule has 1 saturated heterocycles. The fourth-order valence-electron chi connectivity index (χ4n) is 2.86. The molecule has 0 radical (unpaired) electrons. The first-order valence-corrected chi connectivity index (χ1v) is 12.5. The maximum atomic E-state index is 12.6. The van der Waals surface area contributed by atoms with Crippen molar-refractivity contribution in [1.29, 1.82) is 0 Å². The summed E-state index contributed by atoms with van der Waals surface area (Å²) in [6.07, 6.45) is 2.28. The van der Waals surface area contributed by atoms with Gasteiger partial charge in [-0.3, -0.25) is 4.79 Å². The molecule has 0 aromatic heterocycles. The third-order valence-corrected chi connectivity index (χ3v) is 8.21. The monoisotopic (exact) mass is 436 g/mol. The summed E-state index contributed by atoms with van der Waals surface area (Å²) in [5.41, 5.74) is 0. The smallest absolute Gasteiger partial charge is 0.243 e. The van der Waals surface area contributed by atoms with Crippen molar-refractivity contribution >= 4 is 37.4 Å². The molecule has 27 heavy (non-hydrogen) atoms. The number of amides is 1. The number of hydrogen-bond acceptors (Lipinski definition) is 5. The van der Waals surface area contributed by atoms with E-state index < -0.39 is 31.5 Å². The Labute approximate surface area is 166 Å². The quantitative estimate of drug-likeness (QED) is 0.579. The van der Waals surface area contributed by atoms with Crippen molar-refractivity contribution in [3.63, 3.8) is 0 Å². The van der Waals surface area contributed by atoms with Crippen LogP contribution in [0.5, 0.6) is 0 Å². The Bertz CT molecular complexity index is 846. The van der Waals surface area contributed by atoms with Crippen molar-refractivity contribution in [2.24, 2.45) is 0 Å². The zero-order valence-corrected chi connectivity index (χ0v) is 17.7. The highest BCUT2D eigenvalue weighted by Gasteiger charge is 2.31. The topological polar surface area (TPSA) is 91.8 Å². The molecular formula is C17H25ClN2O5S2. The summed E-state index contributed by atoms with van der Waals surface area (Å²) in [4.78, 5) is 13.8. The Morgan fingerprint density at radius 3 is 2.15 bits per heavy atom. The van der Waals surface area contributed by atoms with E-state index in [4.69, 9.17) is 11.6 Å². The molecule has 152 valence electrons. The number of carbonyl (C=O) groups excluding carboxylic acids is 1. The third kappa shape index (κ3) is 6.17. The van der Waals surface area contributed by atoms with Gasteiger partial charge in [0.25, 0.3) is 0 Å². The van der Waals surface area contributed by atoms with Gasteiger partial charge in [0.2, 0.25) is 15.9 Å². The number of halogens is 1. The Balaban J connectivity index is 1.92. The summed E-state index contributed by atoms with van der Waals surface area (Å²) < 4.78 is 50.6. The van der Waals surface area contributed by atoms with Gasteiger partial charge in [0.05, 0.1) is 10.6 Å². The van der Waals surface area contributed by atoms with E-state index in [1.165, 1.54) is 33.5 Å². The molecule has 1 aliphatic rings. The fourth-order valence-corrected chi connectivity index (χ4v) is 5.75. The van der Waals surface area contributed by atoms with Gasteiger partial charge in [0, 0.05) is 31.2 Å². The van der Waals surface area contributed by atoms with Crippen LogP contribution in [-0.4, -0.2) is 69.6 Å². The Hall–Kier alpha value is -1.16. The van der Waals surface area contributed by atoms with Gasteiger partial charge in [0.1, 0.15) is 5.75 Å². The third-order valence-electron chi connectivity index (χ3n) is 4.45. The number of benzene rings is 1. The summed E-state index contributed by atoms with van der Waals surface area (Å²) >= 11 is 5.79. The number of rotatable bonds is 8. The lowest BCUT2D eigenvalue weighted by atomic mass is 10.3. The van der Waals surface area contributed by atoms with Crippen LogP contribution in [0.2, 0.25) is 5.02 Å².